The number of anilines is 1. The van der Waals surface area contributed by atoms with Gasteiger partial charge in [-0.1, -0.05) is 11.8 Å². The Balaban J connectivity index is 2.59. The van der Waals surface area contributed by atoms with Gasteiger partial charge in [-0.3, -0.25) is 15.3 Å². The number of nitro benzene ring substituents is 1. The molecule has 0 radical (unpaired) electrons. The minimum atomic E-state index is -4.85. The van der Waals surface area contributed by atoms with Gasteiger partial charge < -0.3 is 4.84 Å². The molecule has 1 aliphatic heterocycles. The Morgan fingerprint density at radius 2 is 2.14 bits per heavy atom. The summed E-state index contributed by atoms with van der Waals surface area (Å²) in [6.07, 6.45) is -4.85. The van der Waals surface area contributed by atoms with Crippen molar-refractivity contribution in [1.29, 1.82) is 0 Å². The number of nitro groups is 1. The number of hydrogen-bond donors (Lipinski definition) is 2. The number of fused-ring (bicyclic) bond motifs is 1. The molecule has 0 saturated heterocycles. The summed E-state index contributed by atoms with van der Waals surface area (Å²) in [5, 5.41) is 19.2. The number of nitrogens with two attached hydrogens (primary N) is 1. The lowest BCUT2D eigenvalue weighted by atomic mass is 10.1. The van der Waals surface area contributed by atoms with Crippen LogP contribution in [-0.2, 0) is 15.8 Å². The van der Waals surface area contributed by atoms with Gasteiger partial charge in [0.2, 0.25) is 5.37 Å². The van der Waals surface area contributed by atoms with E-state index in [0.717, 1.165) is 0 Å². The molecule has 21 heavy (non-hydrogen) atoms. The fourth-order valence-electron chi connectivity index (χ4n) is 1.68. The molecule has 114 valence electrons. The second-order valence-electron chi connectivity index (χ2n) is 3.85. The van der Waals surface area contributed by atoms with Gasteiger partial charge in [0, 0.05) is 6.07 Å². The van der Waals surface area contributed by atoms with E-state index >= 15 is 0 Å². The van der Waals surface area contributed by atoms with Gasteiger partial charge in [0.1, 0.15) is 4.90 Å². The largest absolute Gasteiger partial charge is 0.416 e. The van der Waals surface area contributed by atoms with Crippen molar-refractivity contribution in [3.05, 3.63) is 27.8 Å². The summed E-state index contributed by atoms with van der Waals surface area (Å²) in [4.78, 5) is 24.7. The number of thioether (sulfide) groups is 1. The first-order chi connectivity index (χ1) is 9.66. The zero-order valence-corrected chi connectivity index (χ0v) is 10.6. The van der Waals surface area contributed by atoms with Crippen LogP contribution in [0.5, 0.6) is 0 Å². The normalized spacial score (nSPS) is 17.6. The van der Waals surface area contributed by atoms with Crippen molar-refractivity contribution in [3.8, 4) is 0 Å². The molecule has 0 aromatic heterocycles. The minimum absolute atomic E-state index is 0.150. The van der Waals surface area contributed by atoms with Crippen molar-refractivity contribution in [2.75, 3.05) is 5.06 Å². The second kappa shape index (κ2) is 5.05. The Morgan fingerprint density at radius 3 is 2.62 bits per heavy atom. The van der Waals surface area contributed by atoms with Gasteiger partial charge in [-0.15, -0.1) is 0 Å². The summed E-state index contributed by atoms with van der Waals surface area (Å²) in [5.41, 5.74) is -2.72. The minimum Gasteiger partial charge on any atom is -0.371 e. The van der Waals surface area contributed by atoms with Crippen LogP contribution in [-0.4, -0.2) is 21.5 Å². The van der Waals surface area contributed by atoms with E-state index in [1.54, 1.807) is 0 Å². The summed E-state index contributed by atoms with van der Waals surface area (Å²) >= 11 is 0.464. The fraction of sp³-hybridized carbons (Fsp3) is 0.222. The molecule has 0 aliphatic carbocycles. The Hall–Kier alpha value is -2.05. The molecule has 3 N–H and O–H groups in total. The molecule has 0 bridgehead atoms. The van der Waals surface area contributed by atoms with Crippen LogP contribution < -0.4 is 11.0 Å². The first-order valence-corrected chi connectivity index (χ1v) is 5.99. The van der Waals surface area contributed by atoms with Gasteiger partial charge in [-0.2, -0.15) is 19.1 Å². The van der Waals surface area contributed by atoms with Crippen LogP contribution in [0.4, 0.5) is 24.5 Å². The van der Waals surface area contributed by atoms with E-state index < -0.39 is 39.4 Å². The number of carbonyl (C=O) groups excluding carboxylic acids is 1. The number of alkyl halides is 3. The summed E-state index contributed by atoms with van der Waals surface area (Å²) < 4.78 is 38.1. The van der Waals surface area contributed by atoms with Crippen molar-refractivity contribution in [1.82, 2.24) is 0 Å². The smallest absolute Gasteiger partial charge is 0.371 e. The molecule has 1 aliphatic rings. The van der Waals surface area contributed by atoms with Crippen molar-refractivity contribution in [2.24, 2.45) is 5.90 Å². The van der Waals surface area contributed by atoms with E-state index in [4.69, 9.17) is 0 Å². The van der Waals surface area contributed by atoms with Crippen molar-refractivity contribution in [3.63, 3.8) is 0 Å². The molecule has 0 spiro atoms. The highest BCUT2D eigenvalue weighted by Crippen LogP contribution is 2.50. The predicted molar refractivity (Wildman–Crippen MR) is 62.3 cm³/mol. The van der Waals surface area contributed by atoms with Crippen LogP contribution in [0.25, 0.3) is 0 Å². The SMILES string of the molecule is NOC(=O)C1Sc2c(cc(C(F)(F)F)cc2[N+](=O)[O-])N1O. The van der Waals surface area contributed by atoms with Gasteiger partial charge >= 0.3 is 12.1 Å². The average molecular weight is 325 g/mol. The monoisotopic (exact) mass is 325 g/mol. The molecule has 0 saturated carbocycles. The zero-order valence-electron chi connectivity index (χ0n) is 9.83. The Labute approximate surface area is 118 Å². The molecule has 12 heteroatoms. The predicted octanol–water partition coefficient (Wildman–Crippen LogP) is 1.66. The maximum atomic E-state index is 12.7. The van der Waals surface area contributed by atoms with Crippen LogP contribution in [0.1, 0.15) is 5.56 Å². The maximum Gasteiger partial charge on any atom is 0.416 e. The molecule has 8 nitrogen and oxygen atoms in total. The molecular weight excluding hydrogens is 319 g/mol. The second-order valence-corrected chi connectivity index (χ2v) is 4.94. The van der Waals surface area contributed by atoms with Crippen LogP contribution in [0.3, 0.4) is 0 Å². The number of hydrogen-bond acceptors (Lipinski definition) is 8. The number of halogens is 3. The van der Waals surface area contributed by atoms with E-state index in [1.165, 1.54) is 0 Å². The highest BCUT2D eigenvalue weighted by atomic mass is 32.2. The third-order valence-corrected chi connectivity index (χ3v) is 3.86. The third-order valence-electron chi connectivity index (χ3n) is 2.59. The molecule has 0 fully saturated rings. The van der Waals surface area contributed by atoms with Crippen LogP contribution in [0.15, 0.2) is 17.0 Å². The quantitative estimate of drug-likeness (QED) is 0.622. The van der Waals surface area contributed by atoms with Gasteiger partial charge in [-0.25, -0.2) is 9.86 Å². The summed E-state index contributed by atoms with van der Waals surface area (Å²) in [7, 11) is 0. The summed E-state index contributed by atoms with van der Waals surface area (Å²) in [6, 6.07) is 0.828. The molecule has 1 aromatic rings. The zero-order chi connectivity index (χ0) is 15.9. The van der Waals surface area contributed by atoms with Crippen LogP contribution in [0.2, 0.25) is 0 Å². The average Bonchev–Trinajstić information content (AvgIpc) is 2.73. The first-order valence-electron chi connectivity index (χ1n) is 5.11. The lowest BCUT2D eigenvalue weighted by Crippen LogP contribution is -2.35. The van der Waals surface area contributed by atoms with Crippen molar-refractivity contribution in [2.45, 2.75) is 16.4 Å². The Kier molecular flexibility index (Phi) is 3.69. The van der Waals surface area contributed by atoms with E-state index in [-0.39, 0.29) is 9.96 Å². The highest BCUT2D eigenvalue weighted by Gasteiger charge is 2.43. The van der Waals surface area contributed by atoms with E-state index in [1.807, 2.05) is 0 Å². The number of rotatable bonds is 2. The standard InChI is InChI=1S/C9H6F3N3O5S/c10-9(11,12)3-1-4-6(5(2-3)15(18)19)21-7(14(4)17)8(16)20-13/h1-2,7,17H,13H2. The van der Waals surface area contributed by atoms with Crippen molar-refractivity contribution < 1.29 is 32.9 Å². The van der Waals surface area contributed by atoms with Crippen molar-refractivity contribution >= 4 is 29.1 Å². The number of hydroxylamine groups is 1. The fourth-order valence-corrected chi connectivity index (χ4v) is 2.80. The molecule has 0 amide bonds. The van der Waals surface area contributed by atoms with E-state index in [9.17, 15) is 33.3 Å². The number of benzene rings is 1. The van der Waals surface area contributed by atoms with Gasteiger partial charge in [-0.05, 0) is 6.07 Å². The molecule has 1 heterocycles. The maximum absolute atomic E-state index is 12.7. The molecule has 1 atom stereocenters. The summed E-state index contributed by atoms with van der Waals surface area (Å²) in [5.74, 6) is 3.47. The lowest BCUT2D eigenvalue weighted by Gasteiger charge is -2.16. The summed E-state index contributed by atoms with van der Waals surface area (Å²) in [6.45, 7) is 0. The number of nitrogens with zero attached hydrogens (tertiary/aromatic N) is 2. The van der Waals surface area contributed by atoms with E-state index in [2.05, 4.69) is 10.7 Å². The van der Waals surface area contributed by atoms with E-state index in [0.29, 0.717) is 23.9 Å². The van der Waals surface area contributed by atoms with Gasteiger partial charge in [0.25, 0.3) is 5.69 Å². The lowest BCUT2D eigenvalue weighted by molar-refractivity contribution is -0.387. The molecular formula is C9H6F3N3O5S. The van der Waals surface area contributed by atoms with Gasteiger partial charge in [0.15, 0.2) is 0 Å². The Morgan fingerprint density at radius 1 is 1.52 bits per heavy atom. The third kappa shape index (κ3) is 2.59. The molecule has 1 aromatic carbocycles. The van der Waals surface area contributed by atoms with Gasteiger partial charge in [0.05, 0.1) is 16.2 Å². The molecule has 2 rings (SSSR count). The Bertz CT molecular complexity index is 623. The first kappa shape index (κ1) is 15.3. The highest BCUT2D eigenvalue weighted by molar-refractivity contribution is 8.01. The van der Waals surface area contributed by atoms with Crippen LogP contribution in [0, 0.1) is 10.1 Å². The molecule has 1 unspecified atom stereocenters. The topological polar surface area (TPSA) is 119 Å². The van der Waals surface area contributed by atoms with Crippen LogP contribution >= 0.6 is 11.8 Å². The number of carbonyl (C=O) groups is 1.